The largest absolute Gasteiger partial charge is 0.496 e. The number of nitrogens with one attached hydrogen (secondary N) is 1. The standard InChI is InChI=1S/C15H15BrClNO3S/c1-10(11-4-3-5-12(17)8-11)18-22(19,20)13-6-7-15(21-2)14(16)9-13/h3-10,18H,1-2H3/t10-/m1/s1. The van der Waals surface area contributed by atoms with Crippen LogP contribution in [0.15, 0.2) is 51.8 Å². The Bertz CT molecular complexity index is 780. The first-order valence-corrected chi connectivity index (χ1v) is 9.10. The Morgan fingerprint density at radius 3 is 2.55 bits per heavy atom. The third kappa shape index (κ3) is 4.01. The van der Waals surface area contributed by atoms with Crippen molar-refractivity contribution in [3.8, 4) is 5.75 Å². The van der Waals surface area contributed by atoms with Crippen LogP contribution in [0.5, 0.6) is 5.75 Å². The molecule has 7 heteroatoms. The van der Waals surface area contributed by atoms with E-state index in [1.54, 1.807) is 31.2 Å². The van der Waals surface area contributed by atoms with E-state index in [0.717, 1.165) is 5.56 Å². The van der Waals surface area contributed by atoms with E-state index in [2.05, 4.69) is 20.7 Å². The van der Waals surface area contributed by atoms with Crippen LogP contribution in [0.1, 0.15) is 18.5 Å². The first kappa shape index (κ1) is 17.3. The summed E-state index contributed by atoms with van der Waals surface area (Å²) >= 11 is 9.22. The van der Waals surface area contributed by atoms with E-state index in [9.17, 15) is 8.42 Å². The molecule has 2 rings (SSSR count). The predicted molar refractivity (Wildman–Crippen MR) is 90.9 cm³/mol. The van der Waals surface area contributed by atoms with Crippen LogP contribution in [0.3, 0.4) is 0 Å². The van der Waals surface area contributed by atoms with Gasteiger partial charge in [0.25, 0.3) is 0 Å². The van der Waals surface area contributed by atoms with Crippen molar-refractivity contribution in [3.63, 3.8) is 0 Å². The van der Waals surface area contributed by atoms with Gasteiger partial charge in [-0.05, 0) is 58.7 Å². The number of hydrogen-bond acceptors (Lipinski definition) is 3. The summed E-state index contributed by atoms with van der Waals surface area (Å²) < 4.78 is 33.2. The Hall–Kier alpha value is -1.08. The highest BCUT2D eigenvalue weighted by Gasteiger charge is 2.19. The van der Waals surface area contributed by atoms with Crippen molar-refractivity contribution in [3.05, 3.63) is 57.5 Å². The van der Waals surface area contributed by atoms with E-state index in [1.165, 1.54) is 19.2 Å². The molecule has 4 nitrogen and oxygen atoms in total. The molecule has 0 unspecified atom stereocenters. The Labute approximate surface area is 143 Å². The molecule has 0 aliphatic carbocycles. The predicted octanol–water partition coefficient (Wildman–Crippen LogP) is 4.15. The van der Waals surface area contributed by atoms with Crippen LogP contribution in [0.4, 0.5) is 0 Å². The summed E-state index contributed by atoms with van der Waals surface area (Å²) in [6.45, 7) is 1.77. The van der Waals surface area contributed by atoms with E-state index in [4.69, 9.17) is 16.3 Å². The summed E-state index contributed by atoms with van der Waals surface area (Å²) in [5, 5.41) is 0.565. The van der Waals surface area contributed by atoms with Crippen molar-refractivity contribution in [1.29, 1.82) is 0 Å². The molecule has 0 aliphatic heterocycles. The fraction of sp³-hybridized carbons (Fsp3) is 0.200. The van der Waals surface area contributed by atoms with Gasteiger partial charge < -0.3 is 4.74 Å². The second kappa shape index (κ2) is 7.00. The SMILES string of the molecule is COc1ccc(S(=O)(=O)N[C@H](C)c2cccc(Cl)c2)cc1Br. The molecule has 0 radical (unpaired) electrons. The second-order valence-corrected chi connectivity index (χ2v) is 7.70. The molecule has 0 spiro atoms. The van der Waals surface area contributed by atoms with E-state index in [0.29, 0.717) is 15.2 Å². The van der Waals surface area contributed by atoms with Gasteiger partial charge in [-0.1, -0.05) is 23.7 Å². The molecule has 0 fully saturated rings. The molecule has 0 aliphatic rings. The van der Waals surface area contributed by atoms with Crippen LogP contribution < -0.4 is 9.46 Å². The molecule has 0 saturated carbocycles. The normalized spacial score (nSPS) is 12.9. The minimum absolute atomic E-state index is 0.161. The zero-order valence-electron chi connectivity index (χ0n) is 12.0. The molecule has 2 aromatic rings. The van der Waals surface area contributed by atoms with Gasteiger partial charge in [-0.2, -0.15) is 0 Å². The lowest BCUT2D eigenvalue weighted by atomic mass is 10.1. The number of halogens is 2. The number of rotatable bonds is 5. The lowest BCUT2D eigenvalue weighted by Gasteiger charge is -2.15. The number of sulfonamides is 1. The maximum absolute atomic E-state index is 12.4. The summed E-state index contributed by atoms with van der Waals surface area (Å²) in [5.41, 5.74) is 0.795. The molecule has 1 atom stereocenters. The summed E-state index contributed by atoms with van der Waals surface area (Å²) in [5.74, 6) is 0.571. The van der Waals surface area contributed by atoms with Gasteiger partial charge in [0.05, 0.1) is 16.5 Å². The topological polar surface area (TPSA) is 55.4 Å². The van der Waals surface area contributed by atoms with Crippen molar-refractivity contribution < 1.29 is 13.2 Å². The van der Waals surface area contributed by atoms with Crippen LogP contribution in [0.2, 0.25) is 5.02 Å². The molecule has 22 heavy (non-hydrogen) atoms. The molecule has 1 N–H and O–H groups in total. The minimum atomic E-state index is -3.65. The molecule has 0 heterocycles. The zero-order chi connectivity index (χ0) is 16.3. The minimum Gasteiger partial charge on any atom is -0.496 e. The summed E-state index contributed by atoms with van der Waals surface area (Å²) in [7, 11) is -2.13. The number of methoxy groups -OCH3 is 1. The van der Waals surface area contributed by atoms with E-state index in [1.807, 2.05) is 6.07 Å². The first-order chi connectivity index (χ1) is 10.3. The lowest BCUT2D eigenvalue weighted by molar-refractivity contribution is 0.411. The maximum Gasteiger partial charge on any atom is 0.241 e. The average molecular weight is 405 g/mol. The van der Waals surface area contributed by atoms with Crippen LogP contribution in [-0.2, 0) is 10.0 Å². The van der Waals surface area contributed by atoms with Gasteiger partial charge in [0, 0.05) is 11.1 Å². The highest BCUT2D eigenvalue weighted by Crippen LogP contribution is 2.28. The fourth-order valence-electron chi connectivity index (χ4n) is 1.96. The quantitative estimate of drug-likeness (QED) is 0.814. The van der Waals surface area contributed by atoms with Gasteiger partial charge in [0.2, 0.25) is 10.0 Å². The molecule has 0 amide bonds. The van der Waals surface area contributed by atoms with Crippen molar-refractivity contribution in [2.75, 3.05) is 7.11 Å². The van der Waals surface area contributed by atoms with Gasteiger partial charge in [-0.15, -0.1) is 0 Å². The molecular formula is C15H15BrClNO3S. The van der Waals surface area contributed by atoms with Gasteiger partial charge >= 0.3 is 0 Å². The summed E-state index contributed by atoms with van der Waals surface area (Å²) in [6.07, 6.45) is 0. The monoisotopic (exact) mass is 403 g/mol. The van der Waals surface area contributed by atoms with Crippen molar-refractivity contribution in [2.45, 2.75) is 17.9 Å². The maximum atomic E-state index is 12.4. The Morgan fingerprint density at radius 1 is 1.23 bits per heavy atom. The Balaban J connectivity index is 2.25. The first-order valence-electron chi connectivity index (χ1n) is 6.45. The third-order valence-electron chi connectivity index (χ3n) is 3.11. The molecule has 118 valence electrons. The summed E-state index contributed by atoms with van der Waals surface area (Å²) in [4.78, 5) is 0.161. The third-order valence-corrected chi connectivity index (χ3v) is 5.51. The van der Waals surface area contributed by atoms with Gasteiger partial charge in [0.15, 0.2) is 0 Å². The van der Waals surface area contributed by atoms with Gasteiger partial charge in [-0.25, -0.2) is 13.1 Å². The van der Waals surface area contributed by atoms with Crippen molar-refractivity contribution in [2.24, 2.45) is 0 Å². The number of hydrogen-bond donors (Lipinski definition) is 1. The lowest BCUT2D eigenvalue weighted by Crippen LogP contribution is -2.26. The number of ether oxygens (including phenoxy) is 1. The highest BCUT2D eigenvalue weighted by atomic mass is 79.9. The van der Waals surface area contributed by atoms with Gasteiger partial charge in [-0.3, -0.25) is 0 Å². The molecule has 2 aromatic carbocycles. The fourth-order valence-corrected chi connectivity index (χ4v) is 4.11. The zero-order valence-corrected chi connectivity index (χ0v) is 15.2. The smallest absolute Gasteiger partial charge is 0.241 e. The van der Waals surface area contributed by atoms with Crippen LogP contribution >= 0.6 is 27.5 Å². The Morgan fingerprint density at radius 2 is 1.95 bits per heavy atom. The molecule has 0 saturated heterocycles. The highest BCUT2D eigenvalue weighted by molar-refractivity contribution is 9.10. The average Bonchev–Trinajstić information content (AvgIpc) is 2.46. The summed E-state index contributed by atoms with van der Waals surface area (Å²) in [6, 6.07) is 11.3. The van der Waals surface area contributed by atoms with Gasteiger partial charge in [0.1, 0.15) is 5.75 Å². The molecular weight excluding hydrogens is 390 g/mol. The second-order valence-electron chi connectivity index (χ2n) is 4.69. The van der Waals surface area contributed by atoms with E-state index in [-0.39, 0.29) is 4.90 Å². The van der Waals surface area contributed by atoms with Crippen LogP contribution in [-0.4, -0.2) is 15.5 Å². The Kier molecular flexibility index (Phi) is 5.50. The van der Waals surface area contributed by atoms with E-state index < -0.39 is 16.1 Å². The van der Waals surface area contributed by atoms with Crippen LogP contribution in [0.25, 0.3) is 0 Å². The molecule has 0 aromatic heterocycles. The van der Waals surface area contributed by atoms with Crippen LogP contribution in [0, 0.1) is 0 Å². The number of benzene rings is 2. The van der Waals surface area contributed by atoms with Crippen molar-refractivity contribution in [1.82, 2.24) is 4.72 Å². The van der Waals surface area contributed by atoms with Crippen molar-refractivity contribution >= 4 is 37.6 Å². The van der Waals surface area contributed by atoms with E-state index >= 15 is 0 Å². The molecule has 0 bridgehead atoms.